The van der Waals surface area contributed by atoms with Crippen LogP contribution in [0.3, 0.4) is 0 Å². The molecule has 0 aromatic carbocycles. The largest absolute Gasteiger partial charge is 0.285 e. The minimum atomic E-state index is 0.663. The molecule has 0 aromatic rings. The Labute approximate surface area is 70.9 Å². The molecule has 1 aliphatic rings. The molecular formula is C6H13N3OS. The summed E-state index contributed by atoms with van der Waals surface area (Å²) in [6.45, 7) is 5.41. The Morgan fingerprint density at radius 3 is 3.18 bits per heavy atom. The fourth-order valence-electron chi connectivity index (χ4n) is 0.781. The van der Waals surface area contributed by atoms with E-state index in [-0.39, 0.29) is 0 Å². The maximum absolute atomic E-state index is 5.29. The first-order valence-electron chi connectivity index (χ1n) is 3.72. The molecule has 0 aromatic heterocycles. The van der Waals surface area contributed by atoms with Gasteiger partial charge in [-0.05, 0) is 12.7 Å². The van der Waals surface area contributed by atoms with Crippen LogP contribution in [0.2, 0.25) is 0 Å². The van der Waals surface area contributed by atoms with Gasteiger partial charge in [-0.2, -0.15) is 5.10 Å². The second kappa shape index (κ2) is 4.46. The third-order valence-corrected chi connectivity index (χ3v) is 2.00. The van der Waals surface area contributed by atoms with Gasteiger partial charge >= 0.3 is 0 Å². The lowest BCUT2D eigenvalue weighted by Gasteiger charge is -2.15. The maximum atomic E-state index is 5.29. The molecule has 0 aliphatic carbocycles. The van der Waals surface area contributed by atoms with E-state index in [1.807, 2.05) is 6.92 Å². The molecule has 0 fully saturated rings. The van der Waals surface area contributed by atoms with Crippen LogP contribution in [-0.2, 0) is 4.84 Å². The molecule has 11 heavy (non-hydrogen) atoms. The first kappa shape index (κ1) is 8.67. The van der Waals surface area contributed by atoms with Crippen LogP contribution in [0.4, 0.5) is 0 Å². The Bertz CT molecular complexity index is 151. The van der Waals surface area contributed by atoms with E-state index < -0.39 is 0 Å². The van der Waals surface area contributed by atoms with Crippen molar-refractivity contribution in [3.8, 4) is 0 Å². The number of hydrazone groups is 1. The highest BCUT2D eigenvalue weighted by atomic mass is 32.2. The number of hydrogen-bond donors (Lipinski definition) is 1. The van der Waals surface area contributed by atoms with Crippen molar-refractivity contribution in [1.29, 1.82) is 0 Å². The zero-order valence-electron chi connectivity index (χ0n) is 6.83. The third kappa shape index (κ3) is 2.27. The van der Waals surface area contributed by atoms with Crippen LogP contribution in [0.15, 0.2) is 5.10 Å². The minimum absolute atomic E-state index is 0.663. The fourth-order valence-corrected chi connectivity index (χ4v) is 1.43. The van der Waals surface area contributed by atoms with Crippen LogP contribution in [0.1, 0.15) is 13.8 Å². The predicted molar refractivity (Wildman–Crippen MR) is 47.0 cm³/mol. The van der Waals surface area contributed by atoms with Crippen molar-refractivity contribution < 1.29 is 4.84 Å². The van der Waals surface area contributed by atoms with Crippen LogP contribution >= 0.6 is 11.8 Å². The molecule has 0 atom stereocenters. The van der Waals surface area contributed by atoms with E-state index in [0.717, 1.165) is 10.9 Å². The number of hydrogen-bond acceptors (Lipinski definition) is 5. The van der Waals surface area contributed by atoms with Crippen molar-refractivity contribution in [1.82, 2.24) is 10.5 Å². The first-order chi connectivity index (χ1) is 5.38. The van der Waals surface area contributed by atoms with Gasteiger partial charge in [0.1, 0.15) is 6.67 Å². The summed E-state index contributed by atoms with van der Waals surface area (Å²) in [6.07, 6.45) is 0. The Morgan fingerprint density at radius 2 is 2.55 bits per heavy atom. The van der Waals surface area contributed by atoms with Crippen LogP contribution in [0.5, 0.6) is 0 Å². The number of nitrogens with one attached hydrogen (secondary N) is 1. The lowest BCUT2D eigenvalue weighted by atomic mass is 10.9. The van der Waals surface area contributed by atoms with Crippen molar-refractivity contribution >= 4 is 16.9 Å². The second-order valence-corrected chi connectivity index (χ2v) is 3.17. The Kier molecular flexibility index (Phi) is 3.51. The van der Waals surface area contributed by atoms with E-state index >= 15 is 0 Å². The van der Waals surface area contributed by atoms with Gasteiger partial charge in [0, 0.05) is 0 Å². The Hall–Kier alpha value is -0.420. The summed E-state index contributed by atoms with van der Waals surface area (Å²) in [7, 11) is 0. The molecule has 0 bridgehead atoms. The monoisotopic (exact) mass is 175 g/mol. The number of thioether (sulfide) groups is 1. The summed E-state index contributed by atoms with van der Waals surface area (Å²) in [4.78, 5) is 5.29. The summed E-state index contributed by atoms with van der Waals surface area (Å²) >= 11 is 1.68. The van der Waals surface area contributed by atoms with E-state index in [4.69, 9.17) is 4.84 Å². The van der Waals surface area contributed by atoms with Gasteiger partial charge in [-0.1, -0.05) is 18.7 Å². The summed E-state index contributed by atoms with van der Waals surface area (Å²) in [6, 6.07) is 0. The number of nitrogens with zero attached hydrogens (tertiary/aromatic N) is 2. The molecule has 0 saturated carbocycles. The van der Waals surface area contributed by atoms with Crippen molar-refractivity contribution in [3.63, 3.8) is 0 Å². The fraction of sp³-hybridized carbons (Fsp3) is 0.833. The zero-order valence-corrected chi connectivity index (χ0v) is 7.65. The van der Waals surface area contributed by atoms with Gasteiger partial charge in [0.2, 0.25) is 5.17 Å². The standard InChI is InChI=1S/C6H13N3OS/c1-3-10-9-5-7-8-6(9)11-4-2/h7H,3-5H2,1-2H3. The highest BCUT2D eigenvalue weighted by Gasteiger charge is 2.16. The number of amidine groups is 1. The van der Waals surface area contributed by atoms with E-state index in [2.05, 4.69) is 17.5 Å². The van der Waals surface area contributed by atoms with Gasteiger partial charge in [-0.15, -0.1) is 0 Å². The minimum Gasteiger partial charge on any atom is -0.285 e. The molecule has 0 saturated heterocycles. The van der Waals surface area contributed by atoms with Gasteiger partial charge in [0.05, 0.1) is 6.61 Å². The molecule has 1 rings (SSSR count). The highest BCUT2D eigenvalue weighted by molar-refractivity contribution is 8.13. The molecular weight excluding hydrogens is 162 g/mol. The van der Waals surface area contributed by atoms with Gasteiger partial charge in [-0.25, -0.2) is 5.06 Å². The van der Waals surface area contributed by atoms with Crippen molar-refractivity contribution in [2.45, 2.75) is 13.8 Å². The molecule has 64 valence electrons. The number of hydroxylamine groups is 2. The summed E-state index contributed by atoms with van der Waals surface area (Å²) in [5.74, 6) is 1.02. The smallest absolute Gasteiger partial charge is 0.208 e. The molecule has 0 spiro atoms. The average Bonchev–Trinajstić information content (AvgIpc) is 2.39. The van der Waals surface area contributed by atoms with E-state index in [1.54, 1.807) is 16.8 Å². The molecule has 0 radical (unpaired) electrons. The van der Waals surface area contributed by atoms with Crippen LogP contribution in [0.25, 0.3) is 0 Å². The van der Waals surface area contributed by atoms with Crippen LogP contribution < -0.4 is 5.43 Å². The predicted octanol–water partition coefficient (Wildman–Crippen LogP) is 0.825. The summed E-state index contributed by atoms with van der Waals surface area (Å²) < 4.78 is 0. The van der Waals surface area contributed by atoms with E-state index in [0.29, 0.717) is 13.3 Å². The molecule has 0 amide bonds. The normalized spacial score (nSPS) is 16.5. The van der Waals surface area contributed by atoms with Gasteiger partial charge < -0.3 is 0 Å². The lowest BCUT2D eigenvalue weighted by molar-refractivity contribution is -0.0868. The molecule has 0 unspecified atom stereocenters. The van der Waals surface area contributed by atoms with Crippen molar-refractivity contribution in [3.05, 3.63) is 0 Å². The summed E-state index contributed by atoms with van der Waals surface area (Å²) in [5, 5.41) is 6.75. The van der Waals surface area contributed by atoms with Gasteiger partial charge in [0.15, 0.2) is 0 Å². The highest BCUT2D eigenvalue weighted by Crippen LogP contribution is 2.11. The number of rotatable bonds is 3. The Morgan fingerprint density at radius 1 is 1.73 bits per heavy atom. The van der Waals surface area contributed by atoms with E-state index in [1.165, 1.54) is 0 Å². The second-order valence-electron chi connectivity index (χ2n) is 1.94. The quantitative estimate of drug-likeness (QED) is 0.689. The van der Waals surface area contributed by atoms with Crippen molar-refractivity contribution in [2.24, 2.45) is 5.10 Å². The van der Waals surface area contributed by atoms with Gasteiger partial charge in [0.25, 0.3) is 0 Å². The van der Waals surface area contributed by atoms with Crippen LogP contribution in [-0.4, -0.2) is 29.3 Å². The molecule has 4 nitrogen and oxygen atoms in total. The first-order valence-corrected chi connectivity index (χ1v) is 4.70. The SMILES string of the molecule is CCON1CNN=C1SCC. The van der Waals surface area contributed by atoms with Crippen molar-refractivity contribution in [2.75, 3.05) is 19.0 Å². The lowest BCUT2D eigenvalue weighted by Crippen LogP contribution is -2.28. The zero-order chi connectivity index (χ0) is 8.10. The topological polar surface area (TPSA) is 36.9 Å². The molecule has 5 heteroatoms. The maximum Gasteiger partial charge on any atom is 0.208 e. The molecule has 1 heterocycles. The average molecular weight is 175 g/mol. The molecule has 1 aliphatic heterocycles. The molecule has 1 N–H and O–H groups in total. The Balaban J connectivity index is 2.35. The summed E-state index contributed by atoms with van der Waals surface area (Å²) in [5.41, 5.74) is 2.86. The third-order valence-electron chi connectivity index (χ3n) is 1.16. The van der Waals surface area contributed by atoms with E-state index in [9.17, 15) is 0 Å². The van der Waals surface area contributed by atoms with Gasteiger partial charge in [-0.3, -0.25) is 10.3 Å². The van der Waals surface area contributed by atoms with Crippen LogP contribution in [0, 0.1) is 0 Å².